The van der Waals surface area contributed by atoms with E-state index in [4.69, 9.17) is 0 Å². The Morgan fingerprint density at radius 2 is 1.84 bits per heavy atom. The van der Waals surface area contributed by atoms with Gasteiger partial charge in [0.25, 0.3) is 15.7 Å². The zero-order valence-electron chi connectivity index (χ0n) is 14.0. The largest absolute Gasteiger partial charge is 0.273 e. The van der Waals surface area contributed by atoms with Gasteiger partial charge in [0.2, 0.25) is 0 Å². The van der Waals surface area contributed by atoms with Crippen LogP contribution in [-0.2, 0) is 10.0 Å². The number of hydrogen-bond donors (Lipinski definition) is 0. The molecule has 0 aliphatic carbocycles. The number of nitrogens with zero attached hydrogens (tertiary/aromatic N) is 2. The van der Waals surface area contributed by atoms with E-state index in [1.165, 1.54) is 6.92 Å². The van der Waals surface area contributed by atoms with Crippen molar-refractivity contribution in [1.29, 1.82) is 0 Å². The van der Waals surface area contributed by atoms with Gasteiger partial charge in [-0.25, -0.2) is 12.8 Å². The molecule has 0 saturated heterocycles. The second-order valence-electron chi connectivity index (χ2n) is 5.59. The van der Waals surface area contributed by atoms with Gasteiger partial charge in [-0.15, -0.1) is 0 Å². The fourth-order valence-corrected chi connectivity index (χ4v) is 4.01. The van der Waals surface area contributed by atoms with Crippen molar-refractivity contribution < 1.29 is 17.7 Å². The van der Waals surface area contributed by atoms with E-state index in [1.54, 1.807) is 30.3 Å². The summed E-state index contributed by atoms with van der Waals surface area (Å²) in [5, 5.41) is 11.1. The van der Waals surface area contributed by atoms with Crippen LogP contribution >= 0.6 is 0 Å². The molecule has 0 bridgehead atoms. The van der Waals surface area contributed by atoms with Crippen molar-refractivity contribution in [1.82, 2.24) is 0 Å². The Morgan fingerprint density at radius 1 is 1.20 bits per heavy atom. The fourth-order valence-electron chi connectivity index (χ4n) is 2.44. The molecule has 0 aliphatic rings. The minimum atomic E-state index is -4.28. The van der Waals surface area contributed by atoms with Gasteiger partial charge >= 0.3 is 0 Å². The van der Waals surface area contributed by atoms with Crippen LogP contribution in [0.1, 0.15) is 25.3 Å². The first-order chi connectivity index (χ1) is 11.8. The topological polar surface area (TPSA) is 80.5 Å². The summed E-state index contributed by atoms with van der Waals surface area (Å²) >= 11 is 0. The molecule has 0 fully saturated rings. The van der Waals surface area contributed by atoms with Crippen molar-refractivity contribution in [2.75, 3.05) is 10.8 Å². The first kappa shape index (κ1) is 18.9. The van der Waals surface area contributed by atoms with E-state index in [0.717, 1.165) is 22.9 Å². The molecule has 6 nitrogen and oxygen atoms in total. The van der Waals surface area contributed by atoms with E-state index >= 15 is 0 Å². The van der Waals surface area contributed by atoms with Crippen molar-refractivity contribution >= 4 is 21.4 Å². The highest BCUT2D eigenvalue weighted by atomic mass is 32.2. The van der Waals surface area contributed by atoms with E-state index in [1.807, 2.05) is 6.92 Å². The highest BCUT2D eigenvalue weighted by Crippen LogP contribution is 2.30. The summed E-state index contributed by atoms with van der Waals surface area (Å²) in [6.45, 7) is 3.43. The summed E-state index contributed by atoms with van der Waals surface area (Å²) in [4.78, 5) is 9.69. The predicted molar refractivity (Wildman–Crippen MR) is 93.7 cm³/mol. The van der Waals surface area contributed by atoms with E-state index < -0.39 is 31.3 Å². The van der Waals surface area contributed by atoms with Crippen molar-refractivity contribution in [3.8, 4) is 0 Å². The molecule has 0 aromatic heterocycles. The van der Waals surface area contributed by atoms with Crippen LogP contribution < -0.4 is 4.31 Å². The summed E-state index contributed by atoms with van der Waals surface area (Å²) < 4.78 is 41.5. The fraction of sp³-hybridized carbons (Fsp3) is 0.294. The van der Waals surface area contributed by atoms with Gasteiger partial charge in [0.05, 0.1) is 10.6 Å². The van der Waals surface area contributed by atoms with E-state index in [-0.39, 0.29) is 12.1 Å². The van der Waals surface area contributed by atoms with Crippen molar-refractivity contribution in [2.24, 2.45) is 0 Å². The van der Waals surface area contributed by atoms with Gasteiger partial charge in [-0.1, -0.05) is 31.5 Å². The maximum absolute atomic E-state index is 14.4. The third-order valence-electron chi connectivity index (χ3n) is 3.77. The Balaban J connectivity index is 2.61. The summed E-state index contributed by atoms with van der Waals surface area (Å²) in [5.74, 6) is -1.000. The molecule has 0 unspecified atom stereocenters. The van der Waals surface area contributed by atoms with Crippen LogP contribution in [-0.4, -0.2) is 19.9 Å². The Bertz CT molecular complexity index is 870. The third-order valence-corrected chi connectivity index (χ3v) is 5.62. The number of sulfonamides is 1. The maximum Gasteiger partial charge on any atom is 0.273 e. The number of nitro groups is 1. The van der Waals surface area contributed by atoms with Crippen LogP contribution in [0.4, 0.5) is 15.8 Å². The van der Waals surface area contributed by atoms with Gasteiger partial charge in [0.1, 0.15) is 10.7 Å². The summed E-state index contributed by atoms with van der Waals surface area (Å²) in [7, 11) is -4.28. The normalized spacial score (nSPS) is 11.3. The minimum Gasteiger partial charge on any atom is -0.266 e. The first-order valence-electron chi connectivity index (χ1n) is 7.81. The van der Waals surface area contributed by atoms with Gasteiger partial charge in [-0.2, -0.15) is 0 Å². The molecule has 2 aromatic rings. The summed E-state index contributed by atoms with van der Waals surface area (Å²) in [6, 6.07) is 9.98. The van der Waals surface area contributed by atoms with Crippen LogP contribution in [0, 0.1) is 22.9 Å². The Hall–Kier alpha value is -2.48. The molecule has 134 valence electrons. The highest BCUT2D eigenvalue weighted by Gasteiger charge is 2.30. The number of hydrogen-bond acceptors (Lipinski definition) is 4. The van der Waals surface area contributed by atoms with Gasteiger partial charge in [0.15, 0.2) is 0 Å². The van der Waals surface area contributed by atoms with Crippen LogP contribution in [0.15, 0.2) is 47.4 Å². The average molecular weight is 366 g/mol. The molecule has 0 radical (unpaired) electrons. The number of para-hydroxylation sites is 1. The molecule has 0 spiro atoms. The second kappa shape index (κ2) is 7.60. The molecule has 0 N–H and O–H groups in total. The Labute approximate surface area is 146 Å². The third kappa shape index (κ3) is 3.96. The van der Waals surface area contributed by atoms with Crippen molar-refractivity contribution in [2.45, 2.75) is 31.6 Å². The van der Waals surface area contributed by atoms with Crippen LogP contribution in [0.2, 0.25) is 0 Å². The van der Waals surface area contributed by atoms with Crippen LogP contribution in [0.3, 0.4) is 0 Å². The molecule has 25 heavy (non-hydrogen) atoms. The standard InChI is InChI=1S/C17H19FN2O4S/c1-3-4-10-19(14-8-6-5-7-9-14)25(23,24)17-12-16(20(21)22)13(2)11-15(17)18/h5-9,11-12H,3-4,10H2,1-2H3. The number of aryl methyl sites for hydroxylation is 1. The predicted octanol–water partition coefficient (Wildman–Crippen LogP) is 4.04. The van der Waals surface area contributed by atoms with Crippen molar-refractivity contribution in [3.63, 3.8) is 0 Å². The first-order valence-corrected chi connectivity index (χ1v) is 9.25. The minimum absolute atomic E-state index is 0.0706. The van der Waals surface area contributed by atoms with E-state index in [0.29, 0.717) is 12.1 Å². The molecule has 2 aromatic carbocycles. The van der Waals surface area contributed by atoms with E-state index in [9.17, 15) is 22.9 Å². The lowest BCUT2D eigenvalue weighted by Gasteiger charge is -2.24. The molecule has 0 aliphatic heterocycles. The van der Waals surface area contributed by atoms with Gasteiger partial charge in [-0.3, -0.25) is 14.4 Å². The lowest BCUT2D eigenvalue weighted by molar-refractivity contribution is -0.385. The molecule has 0 heterocycles. The number of unbranched alkanes of at least 4 members (excludes halogenated alkanes) is 1. The quantitative estimate of drug-likeness (QED) is 0.547. The Kier molecular flexibility index (Phi) is 5.73. The number of rotatable bonds is 7. The SMILES string of the molecule is CCCCN(c1ccccc1)S(=O)(=O)c1cc([N+](=O)[O-])c(C)cc1F. The van der Waals surface area contributed by atoms with Crippen LogP contribution in [0.5, 0.6) is 0 Å². The molecule has 2 rings (SSSR count). The van der Waals surface area contributed by atoms with Crippen LogP contribution in [0.25, 0.3) is 0 Å². The van der Waals surface area contributed by atoms with Gasteiger partial charge in [-0.05, 0) is 31.5 Å². The zero-order chi connectivity index (χ0) is 18.6. The number of halogens is 1. The molecule has 0 atom stereocenters. The molecular formula is C17H19FN2O4S. The molecular weight excluding hydrogens is 347 g/mol. The summed E-state index contributed by atoms with van der Waals surface area (Å²) in [6.07, 6.45) is 1.32. The smallest absolute Gasteiger partial charge is 0.266 e. The van der Waals surface area contributed by atoms with Crippen molar-refractivity contribution in [3.05, 3.63) is 64.0 Å². The monoisotopic (exact) mass is 366 g/mol. The number of benzene rings is 2. The molecule has 8 heteroatoms. The number of anilines is 1. The molecule has 0 saturated carbocycles. The van der Waals surface area contributed by atoms with Gasteiger partial charge < -0.3 is 0 Å². The lowest BCUT2D eigenvalue weighted by atomic mass is 10.2. The molecule has 0 amide bonds. The highest BCUT2D eigenvalue weighted by molar-refractivity contribution is 7.92. The Morgan fingerprint density at radius 3 is 2.40 bits per heavy atom. The average Bonchev–Trinajstić information content (AvgIpc) is 2.55. The lowest BCUT2D eigenvalue weighted by Crippen LogP contribution is -2.32. The number of nitro benzene ring substituents is 1. The van der Waals surface area contributed by atoms with Gasteiger partial charge in [0, 0.05) is 18.2 Å². The summed E-state index contributed by atoms with van der Waals surface area (Å²) in [5.41, 5.74) is 0.0309. The second-order valence-corrected chi connectivity index (χ2v) is 7.42. The zero-order valence-corrected chi connectivity index (χ0v) is 14.8. The maximum atomic E-state index is 14.4. The van der Waals surface area contributed by atoms with E-state index in [2.05, 4.69) is 0 Å².